The Hall–Kier alpha value is -2.66. The number of nitrogens with zero attached hydrogens (tertiary/aromatic N) is 3. The van der Waals surface area contributed by atoms with Crippen LogP contribution >= 0.6 is 0 Å². The third kappa shape index (κ3) is 4.43. The first-order valence-electron chi connectivity index (χ1n) is 8.30. The SMILES string of the molecule is C[C@@H](NCCCNc1ccccc1)c1cccc(-n2cnnc2)c1. The summed E-state index contributed by atoms with van der Waals surface area (Å²) >= 11 is 0. The third-order valence-electron chi connectivity index (χ3n) is 3.99. The maximum absolute atomic E-state index is 3.86. The van der Waals surface area contributed by atoms with Gasteiger partial charge in [0.1, 0.15) is 12.7 Å². The summed E-state index contributed by atoms with van der Waals surface area (Å²) in [6.07, 6.45) is 4.50. The third-order valence-corrected chi connectivity index (χ3v) is 3.99. The van der Waals surface area contributed by atoms with Gasteiger partial charge in [0, 0.05) is 24.0 Å². The highest BCUT2D eigenvalue weighted by Crippen LogP contribution is 2.16. The van der Waals surface area contributed by atoms with Crippen LogP contribution in [0.5, 0.6) is 0 Å². The molecule has 0 amide bonds. The predicted molar refractivity (Wildman–Crippen MR) is 97.3 cm³/mol. The molecule has 5 heteroatoms. The molecule has 0 unspecified atom stereocenters. The minimum Gasteiger partial charge on any atom is -0.385 e. The quantitative estimate of drug-likeness (QED) is 0.624. The van der Waals surface area contributed by atoms with Gasteiger partial charge in [-0.25, -0.2) is 0 Å². The minimum atomic E-state index is 0.304. The Bertz CT molecular complexity index is 725. The molecule has 0 saturated carbocycles. The number of nitrogens with one attached hydrogen (secondary N) is 2. The predicted octanol–water partition coefficient (Wildman–Crippen LogP) is 3.42. The average Bonchev–Trinajstić information content (AvgIpc) is 3.17. The number of aromatic nitrogens is 3. The van der Waals surface area contributed by atoms with Gasteiger partial charge in [0.25, 0.3) is 0 Å². The normalized spacial score (nSPS) is 12.0. The van der Waals surface area contributed by atoms with E-state index in [2.05, 4.69) is 64.2 Å². The van der Waals surface area contributed by atoms with E-state index in [4.69, 9.17) is 0 Å². The average molecular weight is 321 g/mol. The minimum absolute atomic E-state index is 0.304. The molecule has 124 valence electrons. The van der Waals surface area contributed by atoms with Crippen molar-refractivity contribution in [2.75, 3.05) is 18.4 Å². The van der Waals surface area contributed by atoms with E-state index in [-0.39, 0.29) is 0 Å². The topological polar surface area (TPSA) is 54.8 Å². The lowest BCUT2D eigenvalue weighted by atomic mass is 10.1. The zero-order valence-corrected chi connectivity index (χ0v) is 13.9. The van der Waals surface area contributed by atoms with E-state index >= 15 is 0 Å². The Morgan fingerprint density at radius 3 is 2.54 bits per heavy atom. The lowest BCUT2D eigenvalue weighted by Gasteiger charge is -2.15. The second-order valence-corrected chi connectivity index (χ2v) is 5.79. The zero-order chi connectivity index (χ0) is 16.6. The Labute approximate surface area is 142 Å². The summed E-state index contributed by atoms with van der Waals surface area (Å²) in [7, 11) is 0. The molecule has 0 aliphatic carbocycles. The van der Waals surface area contributed by atoms with Crippen molar-refractivity contribution < 1.29 is 0 Å². The first-order chi connectivity index (χ1) is 11.8. The highest BCUT2D eigenvalue weighted by molar-refractivity contribution is 5.42. The summed E-state index contributed by atoms with van der Waals surface area (Å²) in [4.78, 5) is 0. The largest absolute Gasteiger partial charge is 0.385 e. The number of anilines is 1. The molecule has 24 heavy (non-hydrogen) atoms. The number of para-hydroxylation sites is 1. The molecule has 3 aromatic rings. The van der Waals surface area contributed by atoms with Crippen LogP contribution in [0.4, 0.5) is 5.69 Å². The first-order valence-corrected chi connectivity index (χ1v) is 8.30. The lowest BCUT2D eigenvalue weighted by molar-refractivity contribution is 0.565. The number of hydrogen-bond acceptors (Lipinski definition) is 4. The van der Waals surface area contributed by atoms with Crippen molar-refractivity contribution in [3.63, 3.8) is 0 Å². The van der Waals surface area contributed by atoms with Crippen LogP contribution in [0.15, 0.2) is 67.3 Å². The highest BCUT2D eigenvalue weighted by atomic mass is 15.2. The Morgan fingerprint density at radius 2 is 1.75 bits per heavy atom. The van der Waals surface area contributed by atoms with E-state index in [0.717, 1.165) is 25.2 Å². The smallest absolute Gasteiger partial charge is 0.123 e. The van der Waals surface area contributed by atoms with Crippen molar-refractivity contribution in [2.45, 2.75) is 19.4 Å². The van der Waals surface area contributed by atoms with E-state index < -0.39 is 0 Å². The summed E-state index contributed by atoms with van der Waals surface area (Å²) in [6.45, 7) is 4.12. The second kappa shape index (κ2) is 8.26. The van der Waals surface area contributed by atoms with Gasteiger partial charge < -0.3 is 10.6 Å². The standard InChI is InChI=1S/C19H23N5/c1-16(20-11-6-12-21-18-8-3-2-4-9-18)17-7-5-10-19(13-17)24-14-22-23-15-24/h2-5,7-10,13-16,20-21H,6,11-12H2,1H3/t16-/m1/s1. The molecule has 1 heterocycles. The molecule has 0 saturated heterocycles. The van der Waals surface area contributed by atoms with Crippen LogP contribution in [0.3, 0.4) is 0 Å². The summed E-state index contributed by atoms with van der Waals surface area (Å²) < 4.78 is 1.92. The second-order valence-electron chi connectivity index (χ2n) is 5.79. The number of hydrogen-bond donors (Lipinski definition) is 2. The van der Waals surface area contributed by atoms with Crippen LogP contribution in [0.1, 0.15) is 24.9 Å². The van der Waals surface area contributed by atoms with Gasteiger partial charge in [-0.3, -0.25) is 4.57 Å². The van der Waals surface area contributed by atoms with Crippen LogP contribution in [-0.4, -0.2) is 27.9 Å². The van der Waals surface area contributed by atoms with Gasteiger partial charge >= 0.3 is 0 Å². The summed E-state index contributed by atoms with van der Waals surface area (Å²) in [6, 6.07) is 19.1. The molecule has 0 spiro atoms. The molecular formula is C19H23N5. The van der Waals surface area contributed by atoms with Gasteiger partial charge in [0.05, 0.1) is 0 Å². The number of rotatable bonds is 8. The summed E-state index contributed by atoms with van der Waals surface area (Å²) in [5.41, 5.74) is 3.52. The molecular weight excluding hydrogens is 298 g/mol. The van der Waals surface area contributed by atoms with Crippen molar-refractivity contribution in [3.8, 4) is 5.69 Å². The van der Waals surface area contributed by atoms with Crippen molar-refractivity contribution in [3.05, 3.63) is 72.8 Å². The molecule has 2 aromatic carbocycles. The van der Waals surface area contributed by atoms with E-state index in [1.807, 2.05) is 22.8 Å². The van der Waals surface area contributed by atoms with Gasteiger partial charge in [-0.05, 0) is 49.7 Å². The fourth-order valence-electron chi connectivity index (χ4n) is 2.60. The Morgan fingerprint density at radius 1 is 0.958 bits per heavy atom. The molecule has 0 radical (unpaired) electrons. The highest BCUT2D eigenvalue weighted by Gasteiger charge is 2.06. The van der Waals surface area contributed by atoms with Crippen LogP contribution < -0.4 is 10.6 Å². The molecule has 0 aliphatic heterocycles. The van der Waals surface area contributed by atoms with Gasteiger partial charge in [0.2, 0.25) is 0 Å². The molecule has 0 aliphatic rings. The van der Waals surface area contributed by atoms with Crippen LogP contribution in [-0.2, 0) is 0 Å². The Balaban J connectivity index is 1.45. The molecule has 1 atom stereocenters. The number of benzene rings is 2. The molecule has 3 rings (SSSR count). The first kappa shape index (κ1) is 16.2. The summed E-state index contributed by atoms with van der Waals surface area (Å²) in [5.74, 6) is 0. The fourth-order valence-corrected chi connectivity index (χ4v) is 2.60. The van der Waals surface area contributed by atoms with Crippen molar-refractivity contribution in [1.29, 1.82) is 0 Å². The van der Waals surface area contributed by atoms with Gasteiger partial charge in [-0.2, -0.15) is 0 Å². The summed E-state index contributed by atoms with van der Waals surface area (Å²) in [5, 5.41) is 14.7. The fraction of sp³-hybridized carbons (Fsp3) is 0.263. The van der Waals surface area contributed by atoms with Crippen LogP contribution in [0.25, 0.3) is 5.69 Å². The zero-order valence-electron chi connectivity index (χ0n) is 13.9. The van der Waals surface area contributed by atoms with E-state index in [1.54, 1.807) is 12.7 Å². The maximum Gasteiger partial charge on any atom is 0.123 e. The molecule has 1 aromatic heterocycles. The van der Waals surface area contributed by atoms with Crippen LogP contribution in [0, 0.1) is 0 Å². The van der Waals surface area contributed by atoms with Crippen molar-refractivity contribution >= 4 is 5.69 Å². The molecule has 0 fully saturated rings. The van der Waals surface area contributed by atoms with Gasteiger partial charge in [0.15, 0.2) is 0 Å². The van der Waals surface area contributed by atoms with Gasteiger partial charge in [-0.15, -0.1) is 10.2 Å². The van der Waals surface area contributed by atoms with E-state index in [9.17, 15) is 0 Å². The van der Waals surface area contributed by atoms with Crippen molar-refractivity contribution in [2.24, 2.45) is 0 Å². The molecule has 5 nitrogen and oxygen atoms in total. The lowest BCUT2D eigenvalue weighted by Crippen LogP contribution is -2.21. The van der Waals surface area contributed by atoms with Crippen LogP contribution in [0.2, 0.25) is 0 Å². The maximum atomic E-state index is 3.86. The van der Waals surface area contributed by atoms with Gasteiger partial charge in [-0.1, -0.05) is 30.3 Å². The van der Waals surface area contributed by atoms with Crippen molar-refractivity contribution in [1.82, 2.24) is 20.1 Å². The monoisotopic (exact) mass is 321 g/mol. The van der Waals surface area contributed by atoms with E-state index in [1.165, 1.54) is 11.3 Å². The molecule has 0 bridgehead atoms. The van der Waals surface area contributed by atoms with E-state index in [0.29, 0.717) is 6.04 Å². The molecule has 2 N–H and O–H groups in total. The Kier molecular flexibility index (Phi) is 5.58.